The van der Waals surface area contributed by atoms with Crippen molar-refractivity contribution in [3.63, 3.8) is 0 Å². The zero-order valence-electron chi connectivity index (χ0n) is 26.5. The first-order valence-corrected chi connectivity index (χ1v) is 17.7. The SMILES string of the molecule is C/C=C/CC/C=C/CC/C=C/C(O)C(COP(=O)(O)OCCN)NC(=O)CCCCCCC/C=C\CCCCCCC. The van der Waals surface area contributed by atoms with Gasteiger partial charge in [0.15, 0.2) is 0 Å². The second-order valence-corrected chi connectivity index (χ2v) is 12.1. The lowest BCUT2D eigenvalue weighted by Crippen LogP contribution is -2.45. The summed E-state index contributed by atoms with van der Waals surface area (Å²) in [5.74, 6) is -0.224. The van der Waals surface area contributed by atoms with Gasteiger partial charge in [0.05, 0.1) is 25.4 Å². The van der Waals surface area contributed by atoms with Gasteiger partial charge in [0, 0.05) is 13.0 Å². The standard InChI is InChI=1S/C33H61N2O6P/c1-3-5-7-9-11-13-14-15-16-17-19-21-23-25-27-33(37)35-31(30-41-42(38,39)40-29-28-34)32(36)26-24-22-20-18-12-10-8-6-4-2/h4,6,12,14-15,18,24,26,31-32,36H,3,5,7-11,13,16-17,19-23,25,27-30,34H2,1-2H3,(H,35,37)(H,38,39)/b6-4+,15-14-,18-12+,26-24+. The second kappa shape index (κ2) is 29.5. The number of nitrogens with one attached hydrogen (secondary N) is 1. The number of phosphoric ester groups is 1. The largest absolute Gasteiger partial charge is 0.472 e. The van der Waals surface area contributed by atoms with Crippen LogP contribution in [-0.2, 0) is 18.4 Å². The molecule has 0 rings (SSSR count). The Morgan fingerprint density at radius 2 is 1.36 bits per heavy atom. The van der Waals surface area contributed by atoms with E-state index in [1.807, 2.05) is 19.1 Å². The highest BCUT2D eigenvalue weighted by Gasteiger charge is 2.26. The fourth-order valence-corrected chi connectivity index (χ4v) is 4.98. The number of phosphoric acid groups is 1. The molecular formula is C33H61N2O6P. The molecule has 3 unspecified atom stereocenters. The molecule has 5 N–H and O–H groups in total. The van der Waals surface area contributed by atoms with E-state index in [9.17, 15) is 19.4 Å². The first-order valence-electron chi connectivity index (χ1n) is 16.2. The molecule has 1 amide bonds. The molecule has 8 nitrogen and oxygen atoms in total. The summed E-state index contributed by atoms with van der Waals surface area (Å²) in [6.45, 7) is 3.81. The number of allylic oxidation sites excluding steroid dienone is 7. The number of amides is 1. The number of carbonyl (C=O) groups excluding carboxylic acids is 1. The summed E-state index contributed by atoms with van der Waals surface area (Å²) in [7, 11) is -4.34. The van der Waals surface area contributed by atoms with Crippen LogP contribution in [0, 0.1) is 0 Å². The van der Waals surface area contributed by atoms with E-state index in [2.05, 4.69) is 42.6 Å². The summed E-state index contributed by atoms with van der Waals surface area (Å²) >= 11 is 0. The van der Waals surface area contributed by atoms with Gasteiger partial charge in [-0.05, 0) is 64.7 Å². The van der Waals surface area contributed by atoms with Crippen molar-refractivity contribution in [1.29, 1.82) is 0 Å². The minimum absolute atomic E-state index is 0.0685. The van der Waals surface area contributed by atoms with Crippen LogP contribution in [0.1, 0.15) is 123 Å². The van der Waals surface area contributed by atoms with Gasteiger partial charge in [-0.2, -0.15) is 0 Å². The van der Waals surface area contributed by atoms with E-state index in [1.54, 1.807) is 6.08 Å². The number of nitrogens with two attached hydrogens (primary N) is 1. The van der Waals surface area contributed by atoms with Gasteiger partial charge < -0.3 is 21.1 Å². The van der Waals surface area contributed by atoms with Crippen molar-refractivity contribution in [1.82, 2.24) is 5.32 Å². The minimum Gasteiger partial charge on any atom is -0.387 e. The van der Waals surface area contributed by atoms with Crippen LogP contribution in [0.3, 0.4) is 0 Å². The summed E-state index contributed by atoms with van der Waals surface area (Å²) in [6, 6.07) is -0.884. The number of carbonyl (C=O) groups is 1. The molecule has 0 aliphatic rings. The zero-order chi connectivity index (χ0) is 31.2. The highest BCUT2D eigenvalue weighted by atomic mass is 31.2. The van der Waals surface area contributed by atoms with E-state index < -0.39 is 20.0 Å². The molecule has 0 aliphatic carbocycles. The number of aliphatic hydroxyl groups is 1. The number of unbranched alkanes of at least 4 members (excludes halogenated alkanes) is 12. The van der Waals surface area contributed by atoms with Crippen LogP contribution in [0.25, 0.3) is 0 Å². The first-order chi connectivity index (χ1) is 20.4. The first kappa shape index (κ1) is 40.5. The third kappa shape index (κ3) is 27.3. The molecule has 0 fully saturated rings. The summed E-state index contributed by atoms with van der Waals surface area (Å²) in [6.07, 6.45) is 33.2. The topological polar surface area (TPSA) is 131 Å². The molecule has 0 saturated carbocycles. The fourth-order valence-electron chi connectivity index (χ4n) is 4.22. The molecule has 0 aromatic rings. The molecule has 244 valence electrons. The lowest BCUT2D eigenvalue weighted by Gasteiger charge is -2.23. The quantitative estimate of drug-likeness (QED) is 0.0385. The maximum absolute atomic E-state index is 12.6. The molecule has 0 radical (unpaired) electrons. The van der Waals surface area contributed by atoms with Gasteiger partial charge in [-0.1, -0.05) is 100 Å². The van der Waals surface area contributed by atoms with Crippen LogP contribution in [-0.4, -0.2) is 47.8 Å². The normalized spacial score (nSPS) is 15.3. The monoisotopic (exact) mass is 612 g/mol. The maximum Gasteiger partial charge on any atom is 0.472 e. The predicted molar refractivity (Wildman–Crippen MR) is 175 cm³/mol. The van der Waals surface area contributed by atoms with Crippen molar-refractivity contribution >= 4 is 13.7 Å². The van der Waals surface area contributed by atoms with Crippen LogP contribution in [0.15, 0.2) is 48.6 Å². The molecule has 0 heterocycles. The molecular weight excluding hydrogens is 551 g/mol. The Labute approximate surface area is 256 Å². The summed E-state index contributed by atoms with van der Waals surface area (Å²) in [5.41, 5.74) is 5.32. The Morgan fingerprint density at radius 3 is 1.98 bits per heavy atom. The van der Waals surface area contributed by atoms with Crippen LogP contribution in [0.5, 0.6) is 0 Å². The van der Waals surface area contributed by atoms with Crippen LogP contribution in [0.4, 0.5) is 0 Å². The lowest BCUT2D eigenvalue weighted by molar-refractivity contribution is -0.123. The lowest BCUT2D eigenvalue weighted by atomic mass is 10.1. The van der Waals surface area contributed by atoms with Gasteiger partial charge in [-0.15, -0.1) is 0 Å². The molecule has 0 aromatic carbocycles. The Kier molecular flexibility index (Phi) is 28.4. The molecule has 0 saturated heterocycles. The minimum atomic E-state index is -4.34. The Bertz CT molecular complexity index is 799. The van der Waals surface area contributed by atoms with Gasteiger partial charge in [0.1, 0.15) is 0 Å². The average molecular weight is 613 g/mol. The van der Waals surface area contributed by atoms with E-state index >= 15 is 0 Å². The van der Waals surface area contributed by atoms with Gasteiger partial charge in [0.2, 0.25) is 5.91 Å². The predicted octanol–water partition coefficient (Wildman–Crippen LogP) is 7.82. The van der Waals surface area contributed by atoms with E-state index in [0.29, 0.717) is 6.42 Å². The third-order valence-corrected chi connectivity index (χ3v) is 7.68. The van der Waals surface area contributed by atoms with Crippen molar-refractivity contribution in [3.05, 3.63) is 48.6 Å². The van der Waals surface area contributed by atoms with Crippen molar-refractivity contribution in [2.24, 2.45) is 5.73 Å². The van der Waals surface area contributed by atoms with Gasteiger partial charge >= 0.3 is 7.82 Å². The maximum atomic E-state index is 12.6. The molecule has 3 atom stereocenters. The molecule has 0 aromatic heterocycles. The molecule has 42 heavy (non-hydrogen) atoms. The number of rotatable bonds is 29. The Balaban J connectivity index is 4.44. The zero-order valence-corrected chi connectivity index (χ0v) is 27.4. The van der Waals surface area contributed by atoms with E-state index in [4.69, 9.17) is 14.8 Å². The average Bonchev–Trinajstić information content (AvgIpc) is 2.97. The molecule has 0 bridgehead atoms. The smallest absolute Gasteiger partial charge is 0.387 e. The summed E-state index contributed by atoms with van der Waals surface area (Å²) < 4.78 is 21.9. The van der Waals surface area contributed by atoms with Gasteiger partial charge in [0.25, 0.3) is 0 Å². The van der Waals surface area contributed by atoms with Crippen LogP contribution >= 0.6 is 7.82 Å². The molecule has 0 spiro atoms. The van der Waals surface area contributed by atoms with Crippen molar-refractivity contribution in [2.75, 3.05) is 19.8 Å². The Morgan fingerprint density at radius 1 is 0.810 bits per heavy atom. The highest BCUT2D eigenvalue weighted by Crippen LogP contribution is 2.43. The summed E-state index contributed by atoms with van der Waals surface area (Å²) in [4.78, 5) is 22.4. The van der Waals surface area contributed by atoms with Crippen molar-refractivity contribution in [3.8, 4) is 0 Å². The van der Waals surface area contributed by atoms with Crippen LogP contribution < -0.4 is 11.1 Å². The van der Waals surface area contributed by atoms with E-state index in [1.165, 1.54) is 38.5 Å². The number of hydrogen-bond donors (Lipinski definition) is 4. The second-order valence-electron chi connectivity index (χ2n) is 10.7. The van der Waals surface area contributed by atoms with Crippen molar-refractivity contribution < 1.29 is 28.4 Å². The number of hydrogen-bond acceptors (Lipinski definition) is 6. The van der Waals surface area contributed by atoms with E-state index in [0.717, 1.165) is 64.2 Å². The van der Waals surface area contributed by atoms with Crippen LogP contribution in [0.2, 0.25) is 0 Å². The molecule has 0 aliphatic heterocycles. The Hall–Kier alpha value is -1.54. The molecule has 9 heteroatoms. The fraction of sp³-hybridized carbons (Fsp3) is 0.727. The number of aliphatic hydroxyl groups excluding tert-OH is 1. The van der Waals surface area contributed by atoms with Gasteiger partial charge in [-0.3, -0.25) is 13.8 Å². The summed E-state index contributed by atoms with van der Waals surface area (Å²) in [5, 5.41) is 13.4. The highest BCUT2D eigenvalue weighted by molar-refractivity contribution is 7.47. The van der Waals surface area contributed by atoms with E-state index in [-0.39, 0.29) is 25.7 Å². The van der Waals surface area contributed by atoms with Crippen molar-refractivity contribution in [2.45, 2.75) is 135 Å². The van der Waals surface area contributed by atoms with Gasteiger partial charge in [-0.25, -0.2) is 4.57 Å². The third-order valence-electron chi connectivity index (χ3n) is 6.70.